The van der Waals surface area contributed by atoms with Gasteiger partial charge in [-0.25, -0.2) is 0 Å². The van der Waals surface area contributed by atoms with Gasteiger partial charge in [-0.15, -0.1) is 0 Å². The minimum absolute atomic E-state index is 0.0533. The van der Waals surface area contributed by atoms with E-state index >= 15 is 0 Å². The second-order valence-corrected chi connectivity index (χ2v) is 21.1. The predicted molar refractivity (Wildman–Crippen MR) is 307 cm³/mol. The van der Waals surface area contributed by atoms with E-state index in [0.29, 0.717) is 13.0 Å². The number of aliphatic hydroxyl groups excluding tert-OH is 7. The molecule has 0 amide bonds. The van der Waals surface area contributed by atoms with Gasteiger partial charge in [-0.05, 0) is 83.5 Å². The van der Waals surface area contributed by atoms with Crippen LogP contribution in [0.4, 0.5) is 0 Å². The van der Waals surface area contributed by atoms with Crippen LogP contribution in [0.2, 0.25) is 0 Å². The van der Waals surface area contributed by atoms with Crippen LogP contribution in [0, 0.1) is 0 Å². The Labute approximate surface area is 466 Å². The second kappa shape index (κ2) is 49.3. The highest BCUT2D eigenvalue weighted by molar-refractivity contribution is 5.69. The van der Waals surface area contributed by atoms with Gasteiger partial charge in [-0.1, -0.05) is 202 Å². The lowest BCUT2D eigenvalue weighted by Gasteiger charge is -2.42. The third-order valence-corrected chi connectivity index (χ3v) is 14.2. The number of carbonyl (C=O) groups excluding carboxylic acids is 1. The first-order valence-corrected chi connectivity index (χ1v) is 30.5. The van der Waals surface area contributed by atoms with Gasteiger partial charge in [-0.2, -0.15) is 0 Å². The molecule has 0 aromatic carbocycles. The van der Waals surface area contributed by atoms with Crippen molar-refractivity contribution in [2.75, 3.05) is 33.0 Å². The van der Waals surface area contributed by atoms with Crippen LogP contribution in [0.5, 0.6) is 0 Å². The van der Waals surface area contributed by atoms with E-state index in [1.807, 2.05) is 0 Å². The molecule has 0 saturated carbocycles. The standard InChI is InChI=1S/C63H110O14/c1-3-5-7-9-11-13-15-17-19-21-23-25-27-29-31-33-35-37-39-41-43-45-47-72-49-52(50-73-62-61(71)59(69)57(67)54(77-62)51-74-63-60(70)58(68)56(66)53(48-64)76-63)75-55(65)46-44-42-40-38-36-34-32-30-28-26-24-22-20-18-16-14-12-10-8-6-4-2/h6,8,12,14-15,17-18,20-21,23-24,26,52-54,56-64,66-71H,3-5,7,9-11,13,16,19,22,25,27-51H2,1-2H3/b8-6-,14-12-,17-15-,20-18-,23-21-,26-24-. The first-order valence-electron chi connectivity index (χ1n) is 30.5. The van der Waals surface area contributed by atoms with Gasteiger partial charge >= 0.3 is 5.97 Å². The molecule has 2 fully saturated rings. The monoisotopic (exact) mass is 1090 g/mol. The Morgan fingerprint density at radius 2 is 0.844 bits per heavy atom. The molecule has 0 aromatic heterocycles. The Balaban J connectivity index is 1.70. The molecule has 0 aliphatic carbocycles. The molecule has 0 spiro atoms. The summed E-state index contributed by atoms with van der Waals surface area (Å²) < 4.78 is 34.4. The molecular formula is C63H110O14. The number of hydrogen-bond acceptors (Lipinski definition) is 14. The number of esters is 1. The van der Waals surface area contributed by atoms with E-state index in [1.54, 1.807) is 0 Å². The van der Waals surface area contributed by atoms with Crippen molar-refractivity contribution in [3.8, 4) is 0 Å². The van der Waals surface area contributed by atoms with Crippen molar-refractivity contribution in [2.24, 2.45) is 0 Å². The minimum Gasteiger partial charge on any atom is -0.457 e. The lowest BCUT2D eigenvalue weighted by molar-refractivity contribution is -0.332. The average molecular weight is 1090 g/mol. The highest BCUT2D eigenvalue weighted by Gasteiger charge is 2.47. The van der Waals surface area contributed by atoms with Crippen molar-refractivity contribution in [1.29, 1.82) is 0 Å². The molecule has 11 unspecified atom stereocenters. The number of carbonyl (C=O) groups is 1. The van der Waals surface area contributed by atoms with Gasteiger partial charge < -0.3 is 64.2 Å². The molecule has 7 N–H and O–H groups in total. The summed E-state index contributed by atoms with van der Waals surface area (Å²) in [6.07, 6.45) is 46.7. The van der Waals surface area contributed by atoms with Crippen molar-refractivity contribution >= 4 is 5.97 Å². The van der Waals surface area contributed by atoms with E-state index in [2.05, 4.69) is 86.8 Å². The fourth-order valence-corrected chi connectivity index (χ4v) is 9.31. The first kappa shape index (κ1) is 70.5. The maximum atomic E-state index is 13.1. The number of ether oxygens (including phenoxy) is 6. The first-order chi connectivity index (χ1) is 37.6. The molecule has 0 radical (unpaired) electrons. The average Bonchev–Trinajstić information content (AvgIpc) is 3.43. The maximum absolute atomic E-state index is 13.1. The molecule has 2 aliphatic rings. The van der Waals surface area contributed by atoms with Gasteiger partial charge in [0, 0.05) is 13.0 Å². The normalized spacial score (nSPS) is 24.8. The number of unbranched alkanes of at least 4 members (excludes halogenated alkanes) is 23. The molecule has 0 aromatic rings. The zero-order valence-electron chi connectivity index (χ0n) is 47.9. The van der Waals surface area contributed by atoms with E-state index in [4.69, 9.17) is 28.4 Å². The second-order valence-electron chi connectivity index (χ2n) is 21.1. The van der Waals surface area contributed by atoms with Gasteiger partial charge in [0.05, 0.1) is 26.4 Å². The fraction of sp³-hybridized carbons (Fsp3) is 0.794. The van der Waals surface area contributed by atoms with Crippen molar-refractivity contribution in [1.82, 2.24) is 0 Å². The van der Waals surface area contributed by atoms with Gasteiger partial charge in [0.2, 0.25) is 0 Å². The summed E-state index contributed by atoms with van der Waals surface area (Å²) >= 11 is 0. The van der Waals surface area contributed by atoms with Crippen molar-refractivity contribution in [3.63, 3.8) is 0 Å². The lowest BCUT2D eigenvalue weighted by Crippen LogP contribution is -2.61. The van der Waals surface area contributed by atoms with E-state index in [9.17, 15) is 40.5 Å². The van der Waals surface area contributed by atoms with Gasteiger partial charge in [0.15, 0.2) is 12.6 Å². The summed E-state index contributed by atoms with van der Waals surface area (Å²) in [4.78, 5) is 13.1. The topological polar surface area (TPSA) is 214 Å². The molecule has 11 atom stereocenters. The summed E-state index contributed by atoms with van der Waals surface area (Å²) in [6, 6.07) is 0. The van der Waals surface area contributed by atoms with Crippen molar-refractivity contribution in [2.45, 2.75) is 287 Å². The highest BCUT2D eigenvalue weighted by Crippen LogP contribution is 2.27. The summed E-state index contributed by atoms with van der Waals surface area (Å²) in [6.45, 7) is 3.56. The third-order valence-electron chi connectivity index (χ3n) is 14.2. The van der Waals surface area contributed by atoms with E-state index in [-0.39, 0.29) is 25.6 Å². The molecule has 2 heterocycles. The SMILES string of the molecule is CC/C=C\C/C=C\C/C=C\C/C=C\CCCCCCCCCCC(=O)OC(COCCCCCCCCCCCC/C=C\C/C=C\CCCCCCC)COC1OC(COC2OC(CO)C(O)C(O)C2O)C(O)C(O)C1O. The molecule has 0 bridgehead atoms. The van der Waals surface area contributed by atoms with E-state index in [0.717, 1.165) is 77.0 Å². The van der Waals surface area contributed by atoms with Crippen LogP contribution in [-0.4, -0.2) is 142 Å². The quantitative estimate of drug-likeness (QED) is 0.0172. The van der Waals surface area contributed by atoms with Crippen LogP contribution in [0.3, 0.4) is 0 Å². The molecule has 2 saturated heterocycles. The predicted octanol–water partition coefficient (Wildman–Crippen LogP) is 11.4. The molecule has 2 aliphatic heterocycles. The van der Waals surface area contributed by atoms with Crippen LogP contribution >= 0.6 is 0 Å². The molecule has 77 heavy (non-hydrogen) atoms. The fourth-order valence-electron chi connectivity index (χ4n) is 9.31. The Morgan fingerprint density at radius 1 is 0.442 bits per heavy atom. The smallest absolute Gasteiger partial charge is 0.306 e. The zero-order chi connectivity index (χ0) is 55.8. The lowest BCUT2D eigenvalue weighted by atomic mass is 9.98. The van der Waals surface area contributed by atoms with Crippen LogP contribution in [0.25, 0.3) is 0 Å². The van der Waals surface area contributed by atoms with Crippen LogP contribution in [0.15, 0.2) is 72.9 Å². The third kappa shape index (κ3) is 35.7. The highest BCUT2D eigenvalue weighted by atomic mass is 16.7. The van der Waals surface area contributed by atoms with Crippen LogP contribution < -0.4 is 0 Å². The van der Waals surface area contributed by atoms with Crippen molar-refractivity contribution < 1.29 is 69.0 Å². The Hall–Kier alpha value is -2.57. The van der Waals surface area contributed by atoms with Gasteiger partial charge in [-0.3, -0.25) is 4.79 Å². The molecular weight excluding hydrogens is 981 g/mol. The number of rotatable bonds is 49. The van der Waals surface area contributed by atoms with Gasteiger partial charge in [0.1, 0.15) is 54.9 Å². The summed E-state index contributed by atoms with van der Waals surface area (Å²) in [5, 5.41) is 72.4. The largest absolute Gasteiger partial charge is 0.457 e. The van der Waals surface area contributed by atoms with Crippen LogP contribution in [-0.2, 0) is 33.2 Å². The Bertz CT molecular complexity index is 1550. The summed E-state index contributed by atoms with van der Waals surface area (Å²) in [7, 11) is 0. The minimum atomic E-state index is -1.71. The van der Waals surface area contributed by atoms with E-state index in [1.165, 1.54) is 116 Å². The van der Waals surface area contributed by atoms with E-state index < -0.39 is 80.7 Å². The maximum Gasteiger partial charge on any atom is 0.306 e. The number of aliphatic hydroxyl groups is 7. The Morgan fingerprint density at radius 3 is 1.32 bits per heavy atom. The summed E-state index contributed by atoms with van der Waals surface area (Å²) in [5.74, 6) is -0.386. The zero-order valence-corrected chi connectivity index (χ0v) is 47.9. The van der Waals surface area contributed by atoms with Crippen LogP contribution in [0.1, 0.15) is 219 Å². The summed E-state index contributed by atoms with van der Waals surface area (Å²) in [5.41, 5.74) is 0. The molecule has 446 valence electrons. The molecule has 14 heteroatoms. The molecule has 14 nitrogen and oxygen atoms in total. The Kier molecular flexibility index (Phi) is 45.1. The number of hydrogen-bond donors (Lipinski definition) is 7. The van der Waals surface area contributed by atoms with Gasteiger partial charge in [0.25, 0.3) is 0 Å². The van der Waals surface area contributed by atoms with Crippen molar-refractivity contribution in [3.05, 3.63) is 72.9 Å². The molecule has 2 rings (SSSR count). The number of allylic oxidation sites excluding steroid dienone is 12.